The van der Waals surface area contributed by atoms with Gasteiger partial charge in [-0.15, -0.1) is 0 Å². The summed E-state index contributed by atoms with van der Waals surface area (Å²) < 4.78 is 5.39. The van der Waals surface area contributed by atoms with Crippen LogP contribution in [0.5, 0.6) is 0 Å². The van der Waals surface area contributed by atoms with Crippen LogP contribution in [0.3, 0.4) is 0 Å². The minimum Gasteiger partial charge on any atom is -0.378 e. The lowest BCUT2D eigenvalue weighted by molar-refractivity contribution is 0.122. The van der Waals surface area contributed by atoms with Crippen molar-refractivity contribution in [1.29, 1.82) is 0 Å². The Morgan fingerprint density at radius 1 is 1.26 bits per heavy atom. The number of pyridine rings is 1. The standard InChI is InChI=1S/C17H27N5O/c1-14-5-7-22(8-6-14)17(18)19-13-15-3-2-4-16(20-15)21-9-11-23-12-10-21/h2-4,14H,5-13H2,1H3,(H2,18,19). The summed E-state index contributed by atoms with van der Waals surface area (Å²) in [6, 6.07) is 6.11. The first-order valence-corrected chi connectivity index (χ1v) is 8.56. The first-order chi connectivity index (χ1) is 11.2. The summed E-state index contributed by atoms with van der Waals surface area (Å²) >= 11 is 0. The van der Waals surface area contributed by atoms with Crippen molar-refractivity contribution in [3.05, 3.63) is 23.9 Å². The van der Waals surface area contributed by atoms with Gasteiger partial charge in [0.25, 0.3) is 0 Å². The van der Waals surface area contributed by atoms with E-state index in [0.29, 0.717) is 12.5 Å². The molecule has 0 saturated carbocycles. The molecule has 6 heteroatoms. The number of anilines is 1. The fraction of sp³-hybridized carbons (Fsp3) is 0.647. The number of aliphatic imine (C=N–C) groups is 1. The molecule has 0 radical (unpaired) electrons. The van der Waals surface area contributed by atoms with Gasteiger partial charge >= 0.3 is 0 Å². The van der Waals surface area contributed by atoms with Gasteiger partial charge < -0.3 is 20.3 Å². The van der Waals surface area contributed by atoms with E-state index >= 15 is 0 Å². The fourth-order valence-electron chi connectivity index (χ4n) is 3.02. The average Bonchev–Trinajstić information content (AvgIpc) is 2.61. The summed E-state index contributed by atoms with van der Waals surface area (Å²) in [5.74, 6) is 2.45. The molecule has 3 rings (SSSR count). The van der Waals surface area contributed by atoms with E-state index in [1.807, 2.05) is 18.2 Å². The second-order valence-electron chi connectivity index (χ2n) is 6.43. The largest absolute Gasteiger partial charge is 0.378 e. The van der Waals surface area contributed by atoms with E-state index in [-0.39, 0.29) is 0 Å². The Morgan fingerprint density at radius 3 is 2.74 bits per heavy atom. The molecule has 1 aromatic heterocycles. The monoisotopic (exact) mass is 317 g/mol. The van der Waals surface area contributed by atoms with Crippen LogP contribution in [0.4, 0.5) is 5.82 Å². The zero-order valence-corrected chi connectivity index (χ0v) is 13.9. The van der Waals surface area contributed by atoms with E-state index in [1.54, 1.807) is 0 Å². The van der Waals surface area contributed by atoms with Crippen LogP contribution in [0.2, 0.25) is 0 Å². The van der Waals surface area contributed by atoms with Crippen molar-refractivity contribution in [3.63, 3.8) is 0 Å². The Hall–Kier alpha value is -1.82. The third-order valence-corrected chi connectivity index (χ3v) is 4.64. The van der Waals surface area contributed by atoms with Crippen molar-refractivity contribution >= 4 is 11.8 Å². The molecule has 0 bridgehead atoms. The predicted octanol–water partition coefficient (Wildman–Crippen LogP) is 1.46. The summed E-state index contributed by atoms with van der Waals surface area (Å²) in [6.07, 6.45) is 2.39. The van der Waals surface area contributed by atoms with Gasteiger partial charge in [0, 0.05) is 26.2 Å². The molecule has 0 unspecified atom stereocenters. The van der Waals surface area contributed by atoms with Crippen molar-refractivity contribution in [3.8, 4) is 0 Å². The molecule has 2 N–H and O–H groups in total. The van der Waals surface area contributed by atoms with E-state index < -0.39 is 0 Å². The SMILES string of the molecule is CC1CCN(C(N)=NCc2cccc(N3CCOCC3)n2)CC1. The van der Waals surface area contributed by atoms with Crippen LogP contribution in [-0.4, -0.2) is 55.2 Å². The van der Waals surface area contributed by atoms with Crippen LogP contribution >= 0.6 is 0 Å². The predicted molar refractivity (Wildman–Crippen MR) is 92.6 cm³/mol. The highest BCUT2D eigenvalue weighted by atomic mass is 16.5. The molecule has 0 atom stereocenters. The number of guanidine groups is 1. The van der Waals surface area contributed by atoms with Crippen LogP contribution in [0.15, 0.2) is 23.2 Å². The highest BCUT2D eigenvalue weighted by Crippen LogP contribution is 2.16. The molecular weight excluding hydrogens is 290 g/mol. The molecule has 2 aliphatic rings. The smallest absolute Gasteiger partial charge is 0.191 e. The lowest BCUT2D eigenvalue weighted by Crippen LogP contribution is -2.42. The van der Waals surface area contributed by atoms with Gasteiger partial charge in [-0.3, -0.25) is 0 Å². The molecule has 0 aliphatic carbocycles. The van der Waals surface area contributed by atoms with Gasteiger partial charge in [0.15, 0.2) is 5.96 Å². The van der Waals surface area contributed by atoms with Gasteiger partial charge in [0.2, 0.25) is 0 Å². The number of hydrogen-bond donors (Lipinski definition) is 1. The maximum absolute atomic E-state index is 6.14. The van der Waals surface area contributed by atoms with E-state index in [1.165, 1.54) is 12.8 Å². The molecule has 6 nitrogen and oxygen atoms in total. The Morgan fingerprint density at radius 2 is 2.00 bits per heavy atom. The van der Waals surface area contributed by atoms with Gasteiger partial charge in [-0.2, -0.15) is 0 Å². The third kappa shape index (κ3) is 4.34. The van der Waals surface area contributed by atoms with Gasteiger partial charge in [0.05, 0.1) is 25.5 Å². The maximum Gasteiger partial charge on any atom is 0.191 e. The van der Waals surface area contributed by atoms with Crippen LogP contribution in [0.1, 0.15) is 25.5 Å². The summed E-state index contributed by atoms with van der Waals surface area (Å²) in [7, 11) is 0. The molecule has 2 aliphatic heterocycles. The number of aromatic nitrogens is 1. The van der Waals surface area contributed by atoms with Crippen molar-refractivity contribution in [1.82, 2.24) is 9.88 Å². The first kappa shape index (κ1) is 16.1. The van der Waals surface area contributed by atoms with Crippen LogP contribution < -0.4 is 10.6 Å². The molecule has 0 spiro atoms. The fourth-order valence-corrected chi connectivity index (χ4v) is 3.02. The lowest BCUT2D eigenvalue weighted by Gasteiger charge is -2.31. The molecule has 23 heavy (non-hydrogen) atoms. The van der Waals surface area contributed by atoms with E-state index in [2.05, 4.69) is 21.7 Å². The van der Waals surface area contributed by atoms with E-state index in [4.69, 9.17) is 15.5 Å². The quantitative estimate of drug-likeness (QED) is 0.675. The number of nitrogens with two attached hydrogens (primary N) is 1. The topological polar surface area (TPSA) is 67.0 Å². The molecule has 1 aromatic rings. The second kappa shape index (κ2) is 7.64. The van der Waals surface area contributed by atoms with Crippen molar-refractivity contribution in [2.45, 2.75) is 26.3 Å². The average molecular weight is 317 g/mol. The normalized spacial score (nSPS) is 20.8. The minimum atomic E-state index is 0.538. The van der Waals surface area contributed by atoms with Crippen LogP contribution in [-0.2, 0) is 11.3 Å². The molecule has 2 fully saturated rings. The summed E-state index contributed by atoms with van der Waals surface area (Å²) in [4.78, 5) is 13.7. The van der Waals surface area contributed by atoms with Crippen molar-refractivity contribution in [2.75, 3.05) is 44.3 Å². The Kier molecular flexibility index (Phi) is 5.33. The zero-order valence-electron chi connectivity index (χ0n) is 13.9. The molecule has 0 amide bonds. The number of piperidine rings is 1. The van der Waals surface area contributed by atoms with Crippen LogP contribution in [0, 0.1) is 5.92 Å². The van der Waals surface area contributed by atoms with Crippen LogP contribution in [0.25, 0.3) is 0 Å². The highest BCUT2D eigenvalue weighted by molar-refractivity contribution is 5.78. The Bertz CT molecular complexity index is 534. The van der Waals surface area contributed by atoms with Crippen molar-refractivity contribution < 1.29 is 4.74 Å². The van der Waals surface area contributed by atoms with E-state index in [9.17, 15) is 0 Å². The minimum absolute atomic E-state index is 0.538. The summed E-state index contributed by atoms with van der Waals surface area (Å²) in [5.41, 5.74) is 7.10. The Balaban J connectivity index is 1.60. The van der Waals surface area contributed by atoms with E-state index in [0.717, 1.165) is 56.8 Å². The van der Waals surface area contributed by atoms with Gasteiger partial charge in [-0.25, -0.2) is 9.98 Å². The molecule has 126 valence electrons. The summed E-state index contributed by atoms with van der Waals surface area (Å²) in [6.45, 7) is 8.19. The molecule has 3 heterocycles. The molecule has 0 aromatic carbocycles. The Labute approximate surface area is 138 Å². The van der Waals surface area contributed by atoms with Gasteiger partial charge in [-0.1, -0.05) is 13.0 Å². The number of likely N-dealkylation sites (tertiary alicyclic amines) is 1. The lowest BCUT2D eigenvalue weighted by atomic mass is 10.00. The second-order valence-corrected chi connectivity index (χ2v) is 6.43. The number of hydrogen-bond acceptors (Lipinski definition) is 4. The maximum atomic E-state index is 6.14. The number of rotatable bonds is 3. The summed E-state index contributed by atoms with van der Waals surface area (Å²) in [5, 5.41) is 0. The van der Waals surface area contributed by atoms with Crippen molar-refractivity contribution in [2.24, 2.45) is 16.6 Å². The number of morpholine rings is 1. The van der Waals surface area contributed by atoms with Gasteiger partial charge in [-0.05, 0) is 30.9 Å². The number of nitrogens with zero attached hydrogens (tertiary/aromatic N) is 4. The highest BCUT2D eigenvalue weighted by Gasteiger charge is 2.17. The number of ether oxygens (including phenoxy) is 1. The first-order valence-electron chi connectivity index (χ1n) is 8.56. The zero-order chi connectivity index (χ0) is 16.1. The third-order valence-electron chi connectivity index (χ3n) is 4.64. The molecule has 2 saturated heterocycles. The molecular formula is C17H27N5O. The van der Waals surface area contributed by atoms with Gasteiger partial charge in [0.1, 0.15) is 5.82 Å².